The molecule has 0 radical (unpaired) electrons. The van der Waals surface area contributed by atoms with Gasteiger partial charge in [-0.25, -0.2) is 0 Å². The number of nitrogens with zero attached hydrogens (tertiary/aromatic N) is 1. The third-order valence-corrected chi connectivity index (χ3v) is 3.36. The minimum atomic E-state index is 0.373. The van der Waals surface area contributed by atoms with Crippen LogP contribution in [0, 0.1) is 17.2 Å². The van der Waals surface area contributed by atoms with Crippen LogP contribution >= 0.6 is 0 Å². The Bertz CT molecular complexity index is 377. The average molecular weight is 215 g/mol. The van der Waals surface area contributed by atoms with E-state index in [1.54, 1.807) is 0 Å². The summed E-state index contributed by atoms with van der Waals surface area (Å²) >= 11 is 0. The lowest BCUT2D eigenvalue weighted by Crippen LogP contribution is -2.11. The molecular formula is C14H17NO. The molecule has 0 aromatic heterocycles. The number of rotatable bonds is 3. The summed E-state index contributed by atoms with van der Waals surface area (Å²) < 4.78 is 5.90. The Kier molecular flexibility index (Phi) is 3.46. The minimum absolute atomic E-state index is 0.373. The number of hydrogen-bond donors (Lipinski definition) is 0. The summed E-state index contributed by atoms with van der Waals surface area (Å²) in [5.74, 6) is 1.73. The monoisotopic (exact) mass is 215 g/mol. The first-order valence-corrected chi connectivity index (χ1v) is 5.98. The van der Waals surface area contributed by atoms with Gasteiger partial charge in [0.05, 0.1) is 17.7 Å². The first kappa shape index (κ1) is 11.0. The van der Waals surface area contributed by atoms with Crippen molar-refractivity contribution in [1.82, 2.24) is 0 Å². The van der Waals surface area contributed by atoms with Crippen molar-refractivity contribution in [2.75, 3.05) is 0 Å². The van der Waals surface area contributed by atoms with Gasteiger partial charge >= 0.3 is 0 Å². The topological polar surface area (TPSA) is 33.0 Å². The van der Waals surface area contributed by atoms with Crippen molar-refractivity contribution in [1.29, 1.82) is 5.26 Å². The minimum Gasteiger partial charge on any atom is -0.490 e. The van der Waals surface area contributed by atoms with E-state index in [0.717, 1.165) is 11.7 Å². The number of benzene rings is 1. The summed E-state index contributed by atoms with van der Waals surface area (Å²) in [6.07, 6.45) is 5.26. The Morgan fingerprint density at radius 1 is 1.31 bits per heavy atom. The summed E-state index contributed by atoms with van der Waals surface area (Å²) in [4.78, 5) is 0. The summed E-state index contributed by atoms with van der Waals surface area (Å²) in [5.41, 5.74) is 0.685. The highest BCUT2D eigenvalue weighted by atomic mass is 16.5. The van der Waals surface area contributed by atoms with Gasteiger partial charge in [-0.15, -0.1) is 0 Å². The molecule has 1 fully saturated rings. The fourth-order valence-corrected chi connectivity index (χ4v) is 2.31. The summed E-state index contributed by atoms with van der Waals surface area (Å²) in [6.45, 7) is 2.24. The zero-order valence-corrected chi connectivity index (χ0v) is 9.65. The van der Waals surface area contributed by atoms with Crippen molar-refractivity contribution in [2.24, 2.45) is 5.92 Å². The van der Waals surface area contributed by atoms with Gasteiger partial charge in [0.15, 0.2) is 0 Å². The summed E-state index contributed by atoms with van der Waals surface area (Å²) in [7, 11) is 0. The third kappa shape index (κ3) is 2.55. The second-order valence-electron chi connectivity index (χ2n) is 4.46. The van der Waals surface area contributed by atoms with E-state index in [9.17, 15) is 0 Å². The van der Waals surface area contributed by atoms with Gasteiger partial charge in [0.2, 0.25) is 0 Å². The van der Waals surface area contributed by atoms with E-state index < -0.39 is 0 Å². The van der Waals surface area contributed by atoms with Crippen LogP contribution in [-0.4, -0.2) is 6.10 Å². The molecule has 2 atom stereocenters. The molecule has 16 heavy (non-hydrogen) atoms. The van der Waals surface area contributed by atoms with E-state index in [1.807, 2.05) is 24.3 Å². The van der Waals surface area contributed by atoms with Crippen LogP contribution in [0.3, 0.4) is 0 Å². The van der Waals surface area contributed by atoms with Crippen LogP contribution in [0.15, 0.2) is 24.3 Å². The van der Waals surface area contributed by atoms with Gasteiger partial charge in [-0.2, -0.15) is 5.26 Å². The van der Waals surface area contributed by atoms with E-state index in [2.05, 4.69) is 13.0 Å². The van der Waals surface area contributed by atoms with Crippen molar-refractivity contribution in [3.63, 3.8) is 0 Å². The van der Waals surface area contributed by atoms with Crippen LogP contribution in [0.25, 0.3) is 0 Å². The third-order valence-electron chi connectivity index (χ3n) is 3.36. The van der Waals surface area contributed by atoms with Crippen LogP contribution in [-0.2, 0) is 0 Å². The lowest BCUT2D eigenvalue weighted by molar-refractivity contribution is 0.204. The molecule has 1 aliphatic carbocycles. The normalized spacial score (nSPS) is 24.0. The summed E-state index contributed by atoms with van der Waals surface area (Å²) in [5, 5.41) is 8.69. The molecule has 0 amide bonds. The Labute approximate surface area is 96.9 Å². The van der Waals surface area contributed by atoms with Crippen LogP contribution in [0.5, 0.6) is 5.75 Å². The molecule has 1 aromatic carbocycles. The molecule has 0 N–H and O–H groups in total. The molecule has 1 aromatic rings. The van der Waals surface area contributed by atoms with Crippen molar-refractivity contribution >= 4 is 0 Å². The van der Waals surface area contributed by atoms with Crippen molar-refractivity contribution in [2.45, 2.75) is 38.7 Å². The van der Waals surface area contributed by atoms with E-state index in [0.29, 0.717) is 11.7 Å². The molecule has 1 saturated carbocycles. The maximum atomic E-state index is 8.69. The molecular weight excluding hydrogens is 198 g/mol. The van der Waals surface area contributed by atoms with Crippen LogP contribution in [0.4, 0.5) is 0 Å². The fraction of sp³-hybridized carbons (Fsp3) is 0.500. The predicted octanol–water partition coefficient (Wildman–Crippen LogP) is 3.52. The molecule has 2 rings (SSSR count). The molecule has 2 heteroatoms. The SMILES string of the molecule is CC[C@H]1CCC(Oc2ccc(C#N)cc2)C1. The summed E-state index contributed by atoms with van der Waals surface area (Å²) in [6, 6.07) is 9.50. The molecule has 0 heterocycles. The Balaban J connectivity index is 1.92. The highest BCUT2D eigenvalue weighted by molar-refractivity contribution is 5.34. The number of hydrogen-bond acceptors (Lipinski definition) is 2. The van der Waals surface area contributed by atoms with Gasteiger partial charge in [0, 0.05) is 0 Å². The largest absolute Gasteiger partial charge is 0.490 e. The van der Waals surface area contributed by atoms with Gasteiger partial charge in [0.1, 0.15) is 5.75 Å². The van der Waals surface area contributed by atoms with E-state index in [1.165, 1.54) is 25.7 Å². The van der Waals surface area contributed by atoms with E-state index in [-0.39, 0.29) is 0 Å². The maximum Gasteiger partial charge on any atom is 0.119 e. The lowest BCUT2D eigenvalue weighted by Gasteiger charge is -2.13. The van der Waals surface area contributed by atoms with Crippen LogP contribution in [0.2, 0.25) is 0 Å². The Hall–Kier alpha value is -1.49. The van der Waals surface area contributed by atoms with Crippen LogP contribution in [0.1, 0.15) is 38.2 Å². The quantitative estimate of drug-likeness (QED) is 0.773. The molecule has 1 aliphatic rings. The Morgan fingerprint density at radius 2 is 2.06 bits per heavy atom. The predicted molar refractivity (Wildman–Crippen MR) is 63.2 cm³/mol. The Morgan fingerprint density at radius 3 is 2.62 bits per heavy atom. The number of nitriles is 1. The zero-order chi connectivity index (χ0) is 11.4. The first-order chi connectivity index (χ1) is 7.81. The maximum absolute atomic E-state index is 8.69. The van der Waals surface area contributed by atoms with E-state index in [4.69, 9.17) is 10.00 Å². The van der Waals surface area contributed by atoms with Gasteiger partial charge < -0.3 is 4.74 Å². The second-order valence-corrected chi connectivity index (χ2v) is 4.46. The first-order valence-electron chi connectivity index (χ1n) is 5.98. The highest BCUT2D eigenvalue weighted by Gasteiger charge is 2.24. The van der Waals surface area contributed by atoms with Crippen molar-refractivity contribution in [3.05, 3.63) is 29.8 Å². The second kappa shape index (κ2) is 5.03. The van der Waals surface area contributed by atoms with Crippen molar-refractivity contribution in [3.8, 4) is 11.8 Å². The van der Waals surface area contributed by atoms with Gasteiger partial charge in [0.25, 0.3) is 0 Å². The fourth-order valence-electron chi connectivity index (χ4n) is 2.31. The number of ether oxygens (including phenoxy) is 1. The average Bonchev–Trinajstić information content (AvgIpc) is 2.78. The molecule has 0 spiro atoms. The molecule has 0 saturated heterocycles. The molecule has 0 aliphatic heterocycles. The van der Waals surface area contributed by atoms with E-state index >= 15 is 0 Å². The highest BCUT2D eigenvalue weighted by Crippen LogP contribution is 2.31. The van der Waals surface area contributed by atoms with Gasteiger partial charge in [-0.05, 0) is 49.4 Å². The molecule has 2 nitrogen and oxygen atoms in total. The lowest BCUT2D eigenvalue weighted by atomic mass is 10.1. The van der Waals surface area contributed by atoms with Gasteiger partial charge in [-0.1, -0.05) is 13.3 Å². The standard InChI is InChI=1S/C14H17NO/c1-2-11-3-8-14(9-11)16-13-6-4-12(10-15)5-7-13/h4-7,11,14H,2-3,8-9H2,1H3/t11-,14?/m0/s1. The van der Waals surface area contributed by atoms with Crippen LogP contribution < -0.4 is 4.74 Å². The van der Waals surface area contributed by atoms with Crippen molar-refractivity contribution < 1.29 is 4.74 Å². The smallest absolute Gasteiger partial charge is 0.119 e. The molecule has 1 unspecified atom stereocenters. The molecule has 0 bridgehead atoms. The zero-order valence-electron chi connectivity index (χ0n) is 9.65. The molecule has 84 valence electrons. The van der Waals surface area contributed by atoms with Gasteiger partial charge in [-0.3, -0.25) is 0 Å².